The van der Waals surface area contributed by atoms with Crippen LogP contribution in [0.5, 0.6) is 0 Å². The number of nitrogens with zero attached hydrogens (tertiary/aromatic N) is 3. The van der Waals surface area contributed by atoms with Crippen molar-refractivity contribution >= 4 is 17.6 Å². The molecule has 144 valence electrons. The van der Waals surface area contributed by atoms with Crippen molar-refractivity contribution in [1.29, 1.82) is 0 Å². The lowest BCUT2D eigenvalue weighted by Crippen LogP contribution is -2.47. The number of rotatable bonds is 8. The molecule has 26 heavy (non-hydrogen) atoms. The molecule has 0 aliphatic carbocycles. The summed E-state index contributed by atoms with van der Waals surface area (Å²) in [6.07, 6.45) is 3.62. The Labute approximate surface area is 157 Å². The van der Waals surface area contributed by atoms with E-state index >= 15 is 0 Å². The second-order valence-corrected chi connectivity index (χ2v) is 6.97. The summed E-state index contributed by atoms with van der Waals surface area (Å²) in [6, 6.07) is 10.4. The third-order valence-electron chi connectivity index (χ3n) is 4.75. The van der Waals surface area contributed by atoms with Crippen LogP contribution in [0.3, 0.4) is 0 Å². The number of para-hydroxylation sites is 1. The zero-order chi connectivity index (χ0) is 18.8. The van der Waals surface area contributed by atoms with Gasteiger partial charge >= 0.3 is 0 Å². The Morgan fingerprint density at radius 1 is 1.38 bits per heavy atom. The van der Waals surface area contributed by atoms with Gasteiger partial charge in [0.2, 0.25) is 5.91 Å². The number of guanidine groups is 1. The number of primary amides is 1. The van der Waals surface area contributed by atoms with Gasteiger partial charge in [-0.1, -0.05) is 18.2 Å². The van der Waals surface area contributed by atoms with Crippen molar-refractivity contribution in [2.24, 2.45) is 16.6 Å². The van der Waals surface area contributed by atoms with Gasteiger partial charge in [0, 0.05) is 51.9 Å². The Bertz CT molecular complexity index is 575. The quantitative estimate of drug-likeness (QED) is 0.423. The van der Waals surface area contributed by atoms with E-state index in [2.05, 4.69) is 53.4 Å². The maximum Gasteiger partial charge on any atom is 0.217 e. The Balaban J connectivity index is 1.84. The van der Waals surface area contributed by atoms with Crippen LogP contribution in [0.15, 0.2) is 35.3 Å². The lowest BCUT2D eigenvalue weighted by molar-refractivity contribution is -0.119. The third-order valence-corrected chi connectivity index (χ3v) is 4.75. The van der Waals surface area contributed by atoms with Crippen molar-refractivity contribution in [3.63, 3.8) is 0 Å². The van der Waals surface area contributed by atoms with E-state index in [1.165, 1.54) is 5.69 Å². The minimum absolute atomic E-state index is 0.206. The molecule has 1 unspecified atom stereocenters. The van der Waals surface area contributed by atoms with Crippen LogP contribution in [0.25, 0.3) is 0 Å². The van der Waals surface area contributed by atoms with Crippen molar-refractivity contribution in [2.45, 2.75) is 32.6 Å². The number of likely N-dealkylation sites (tertiary alicyclic amines) is 1. The minimum atomic E-state index is -0.206. The highest BCUT2D eigenvalue weighted by atomic mass is 16.1. The second-order valence-electron chi connectivity index (χ2n) is 6.97. The Morgan fingerprint density at radius 3 is 2.85 bits per heavy atom. The Kier molecular flexibility index (Phi) is 8.25. The zero-order valence-corrected chi connectivity index (χ0v) is 16.2. The number of anilines is 1. The van der Waals surface area contributed by atoms with Crippen molar-refractivity contribution in [3.8, 4) is 0 Å². The molecule has 0 aromatic heterocycles. The monoisotopic (exact) mass is 359 g/mol. The molecule has 1 aliphatic heterocycles. The van der Waals surface area contributed by atoms with E-state index < -0.39 is 0 Å². The van der Waals surface area contributed by atoms with Gasteiger partial charge in [-0.05, 0) is 44.2 Å². The molecule has 1 heterocycles. The first-order valence-electron chi connectivity index (χ1n) is 9.68. The first kappa shape index (κ1) is 20.1. The fraction of sp³-hybridized carbons (Fsp3) is 0.600. The van der Waals surface area contributed by atoms with Crippen LogP contribution in [-0.2, 0) is 4.79 Å². The zero-order valence-electron chi connectivity index (χ0n) is 16.2. The van der Waals surface area contributed by atoms with Crippen molar-refractivity contribution in [1.82, 2.24) is 10.2 Å². The number of nitrogens with one attached hydrogen (secondary N) is 1. The highest BCUT2D eigenvalue weighted by Gasteiger charge is 2.23. The van der Waals surface area contributed by atoms with E-state index in [1.54, 1.807) is 0 Å². The van der Waals surface area contributed by atoms with Crippen molar-refractivity contribution in [3.05, 3.63) is 30.3 Å². The highest BCUT2D eigenvalue weighted by Crippen LogP contribution is 2.19. The number of nitrogens with two attached hydrogens (primary N) is 1. The summed E-state index contributed by atoms with van der Waals surface area (Å²) in [5.74, 6) is 1.10. The van der Waals surface area contributed by atoms with Gasteiger partial charge in [-0.15, -0.1) is 0 Å². The molecule has 1 atom stereocenters. The van der Waals surface area contributed by atoms with Gasteiger partial charge in [0.05, 0.1) is 0 Å². The number of piperidine rings is 1. The second kappa shape index (κ2) is 10.7. The van der Waals surface area contributed by atoms with Gasteiger partial charge in [-0.3, -0.25) is 9.79 Å². The van der Waals surface area contributed by atoms with Crippen LogP contribution < -0.4 is 16.0 Å². The molecule has 2 rings (SSSR count). The summed E-state index contributed by atoms with van der Waals surface area (Å²) in [4.78, 5) is 20.6. The molecule has 6 nitrogen and oxygen atoms in total. The summed E-state index contributed by atoms with van der Waals surface area (Å²) in [7, 11) is 2.11. The first-order valence-corrected chi connectivity index (χ1v) is 9.68. The van der Waals surface area contributed by atoms with E-state index in [0.29, 0.717) is 12.3 Å². The van der Waals surface area contributed by atoms with Gasteiger partial charge in [0.15, 0.2) is 5.96 Å². The van der Waals surface area contributed by atoms with Gasteiger partial charge in [-0.2, -0.15) is 0 Å². The Morgan fingerprint density at radius 2 is 2.15 bits per heavy atom. The Hall–Kier alpha value is -2.24. The molecule has 1 amide bonds. The van der Waals surface area contributed by atoms with Crippen LogP contribution in [0.1, 0.15) is 32.6 Å². The largest absolute Gasteiger partial charge is 0.375 e. The molecule has 0 saturated carbocycles. The molecular weight excluding hydrogens is 326 g/mol. The molecule has 1 aliphatic rings. The number of benzene rings is 1. The fourth-order valence-corrected chi connectivity index (χ4v) is 3.44. The molecule has 0 bridgehead atoms. The van der Waals surface area contributed by atoms with E-state index in [0.717, 1.165) is 57.9 Å². The third kappa shape index (κ3) is 6.58. The van der Waals surface area contributed by atoms with Crippen LogP contribution in [0, 0.1) is 5.92 Å². The number of amides is 1. The smallest absolute Gasteiger partial charge is 0.217 e. The molecule has 1 aromatic rings. The number of carbonyl (C=O) groups is 1. The highest BCUT2D eigenvalue weighted by molar-refractivity contribution is 5.80. The van der Waals surface area contributed by atoms with Crippen LogP contribution in [0.4, 0.5) is 5.69 Å². The lowest BCUT2D eigenvalue weighted by Gasteiger charge is -2.34. The molecule has 1 saturated heterocycles. The molecule has 3 N–H and O–H groups in total. The molecule has 1 aromatic carbocycles. The summed E-state index contributed by atoms with van der Waals surface area (Å²) >= 11 is 0. The van der Waals surface area contributed by atoms with Gasteiger partial charge in [0.1, 0.15) is 0 Å². The van der Waals surface area contributed by atoms with Crippen LogP contribution in [-0.4, -0.2) is 56.5 Å². The van der Waals surface area contributed by atoms with Gasteiger partial charge in [0.25, 0.3) is 0 Å². The van der Waals surface area contributed by atoms with Crippen molar-refractivity contribution in [2.75, 3.05) is 44.7 Å². The predicted molar refractivity (Wildman–Crippen MR) is 108 cm³/mol. The lowest BCUT2D eigenvalue weighted by atomic mass is 9.95. The SMILES string of the molecule is CCNC(=NCCCN(C)c1ccccc1)N1CCCC(CC(N)=O)C1. The van der Waals surface area contributed by atoms with Crippen LogP contribution in [0.2, 0.25) is 0 Å². The van der Waals surface area contributed by atoms with E-state index in [-0.39, 0.29) is 5.91 Å². The van der Waals surface area contributed by atoms with Gasteiger partial charge < -0.3 is 20.9 Å². The van der Waals surface area contributed by atoms with E-state index in [9.17, 15) is 4.79 Å². The molecular formula is C20H33N5O. The molecule has 6 heteroatoms. The minimum Gasteiger partial charge on any atom is -0.375 e. The normalized spacial score (nSPS) is 17.8. The summed E-state index contributed by atoms with van der Waals surface area (Å²) in [5, 5.41) is 3.39. The maximum atomic E-state index is 11.2. The number of carbonyl (C=O) groups excluding carboxylic acids is 1. The summed E-state index contributed by atoms with van der Waals surface area (Å²) in [6.45, 7) is 6.54. The van der Waals surface area contributed by atoms with E-state index in [4.69, 9.17) is 10.7 Å². The molecule has 1 fully saturated rings. The fourth-order valence-electron chi connectivity index (χ4n) is 3.44. The van der Waals surface area contributed by atoms with Crippen LogP contribution >= 0.6 is 0 Å². The predicted octanol–water partition coefficient (Wildman–Crippen LogP) is 2.07. The first-order chi connectivity index (χ1) is 12.6. The maximum absolute atomic E-state index is 11.2. The average molecular weight is 360 g/mol. The topological polar surface area (TPSA) is 74.0 Å². The molecule has 0 radical (unpaired) electrons. The van der Waals surface area contributed by atoms with E-state index in [1.807, 2.05) is 6.07 Å². The van der Waals surface area contributed by atoms with Gasteiger partial charge in [-0.25, -0.2) is 0 Å². The standard InChI is InChI=1S/C20H33N5O/c1-3-22-20(25-14-7-9-17(16-25)15-19(21)26)23-12-8-13-24(2)18-10-5-4-6-11-18/h4-6,10-11,17H,3,7-9,12-16H2,1-2H3,(H2,21,26)(H,22,23). The number of hydrogen-bond donors (Lipinski definition) is 2. The summed E-state index contributed by atoms with van der Waals surface area (Å²) in [5.41, 5.74) is 6.60. The average Bonchev–Trinajstić information content (AvgIpc) is 2.64. The summed E-state index contributed by atoms with van der Waals surface area (Å²) < 4.78 is 0. The van der Waals surface area contributed by atoms with Crippen molar-refractivity contribution < 1.29 is 4.79 Å². The number of aliphatic imine (C=N–C) groups is 1. The number of hydrogen-bond acceptors (Lipinski definition) is 3. The molecule has 0 spiro atoms.